The fourth-order valence-corrected chi connectivity index (χ4v) is 1.01. The van der Waals surface area contributed by atoms with Gasteiger partial charge in [0.15, 0.2) is 5.11 Å². The molecule has 0 aliphatic carbocycles. The summed E-state index contributed by atoms with van der Waals surface area (Å²) in [7, 11) is -2.63. The van der Waals surface area contributed by atoms with E-state index in [1.807, 2.05) is 0 Å². The zero-order valence-electron chi connectivity index (χ0n) is 7.19. The molecule has 4 N–H and O–H groups in total. The van der Waals surface area contributed by atoms with Gasteiger partial charge in [-0.15, -0.1) is 0 Å². The topological polar surface area (TPSA) is 90.8 Å². The van der Waals surface area contributed by atoms with Crippen LogP contribution < -0.4 is 10.6 Å². The van der Waals surface area contributed by atoms with Crippen molar-refractivity contribution in [3.8, 4) is 0 Å². The number of hydrogen-bond acceptors (Lipinski definition) is 3. The Balaban J connectivity index is 3.27. The summed E-state index contributed by atoms with van der Waals surface area (Å²) >= 11 is 4.76. The monoisotopic (exact) mass is 228 g/mol. The molecule has 0 amide bonds. The molecule has 0 unspecified atom stereocenters. The highest BCUT2D eigenvalue weighted by Gasteiger charge is 2.12. The number of rotatable bonds is 5. The molecule has 0 aliphatic rings. The second-order valence-electron chi connectivity index (χ2n) is 2.18. The Bertz CT molecular complexity index is 207. The first-order chi connectivity index (χ1) is 5.95. The molecule has 0 saturated heterocycles. The molecule has 0 saturated carbocycles. The Morgan fingerprint density at radius 1 is 1.62 bits per heavy atom. The van der Waals surface area contributed by atoms with E-state index < -0.39 is 7.82 Å². The SMILES string of the molecule is CNC(=S)NCCCOP(=O)(O)O. The minimum Gasteiger partial charge on any atom is -0.366 e. The Labute approximate surface area is 81.9 Å². The van der Waals surface area contributed by atoms with Crippen LogP contribution in [0.25, 0.3) is 0 Å². The van der Waals surface area contributed by atoms with E-state index >= 15 is 0 Å². The van der Waals surface area contributed by atoms with Gasteiger partial charge in [-0.25, -0.2) is 4.57 Å². The molecule has 0 rings (SSSR count). The maximum atomic E-state index is 10.2. The molecular formula is C5H13N2O4PS. The van der Waals surface area contributed by atoms with Gasteiger partial charge in [-0.3, -0.25) is 4.52 Å². The molecule has 13 heavy (non-hydrogen) atoms. The number of phosphoric acid groups is 1. The van der Waals surface area contributed by atoms with Crippen LogP contribution in [0.4, 0.5) is 0 Å². The molecule has 0 fully saturated rings. The second-order valence-corrected chi connectivity index (χ2v) is 3.83. The summed E-state index contributed by atoms with van der Waals surface area (Å²) in [6, 6.07) is 0. The molecule has 8 heteroatoms. The van der Waals surface area contributed by atoms with E-state index in [0.717, 1.165) is 0 Å². The lowest BCUT2D eigenvalue weighted by Crippen LogP contribution is -2.33. The van der Waals surface area contributed by atoms with Crippen LogP contribution in [0.1, 0.15) is 6.42 Å². The van der Waals surface area contributed by atoms with Crippen molar-refractivity contribution in [3.05, 3.63) is 0 Å². The average molecular weight is 228 g/mol. The van der Waals surface area contributed by atoms with Gasteiger partial charge in [0.25, 0.3) is 0 Å². The molecule has 0 bridgehead atoms. The largest absolute Gasteiger partial charge is 0.469 e. The van der Waals surface area contributed by atoms with Gasteiger partial charge in [-0.1, -0.05) is 0 Å². The van der Waals surface area contributed by atoms with E-state index in [1.165, 1.54) is 0 Å². The van der Waals surface area contributed by atoms with Crippen LogP contribution in [0.2, 0.25) is 0 Å². The summed E-state index contributed by atoms with van der Waals surface area (Å²) in [6.07, 6.45) is 0.479. The lowest BCUT2D eigenvalue weighted by molar-refractivity contribution is 0.195. The summed E-state index contributed by atoms with van der Waals surface area (Å²) in [6.45, 7) is 0.517. The Morgan fingerprint density at radius 2 is 2.23 bits per heavy atom. The van der Waals surface area contributed by atoms with Crippen LogP contribution in [-0.2, 0) is 9.09 Å². The summed E-state index contributed by atoms with van der Waals surface area (Å²) in [5.41, 5.74) is 0. The second kappa shape index (κ2) is 6.28. The number of thiocarbonyl (C=S) groups is 1. The zero-order valence-corrected chi connectivity index (χ0v) is 8.90. The van der Waals surface area contributed by atoms with Crippen LogP contribution in [0, 0.1) is 0 Å². The van der Waals surface area contributed by atoms with Gasteiger partial charge in [0.2, 0.25) is 0 Å². The lowest BCUT2D eigenvalue weighted by atomic mass is 10.4. The maximum Gasteiger partial charge on any atom is 0.469 e. The predicted octanol–water partition coefficient (Wildman–Crippen LogP) is -0.420. The fraction of sp³-hybridized carbons (Fsp3) is 0.800. The quantitative estimate of drug-likeness (QED) is 0.288. The molecular weight excluding hydrogens is 215 g/mol. The molecule has 78 valence electrons. The molecule has 0 radical (unpaired) electrons. The van der Waals surface area contributed by atoms with Crippen LogP contribution >= 0.6 is 20.0 Å². The summed E-state index contributed by atoms with van der Waals surface area (Å²) in [5.74, 6) is 0. The third kappa shape index (κ3) is 9.72. The first kappa shape index (κ1) is 12.8. The average Bonchev–Trinajstić information content (AvgIpc) is 2.01. The minimum atomic E-state index is -4.31. The van der Waals surface area contributed by atoms with Gasteiger partial charge in [0.05, 0.1) is 6.61 Å². The van der Waals surface area contributed by atoms with Crippen molar-refractivity contribution in [2.75, 3.05) is 20.2 Å². The number of nitrogens with one attached hydrogen (secondary N) is 2. The zero-order chi connectivity index (χ0) is 10.3. The predicted molar refractivity (Wildman–Crippen MR) is 52.3 cm³/mol. The lowest BCUT2D eigenvalue weighted by Gasteiger charge is -2.07. The highest BCUT2D eigenvalue weighted by Crippen LogP contribution is 2.35. The highest BCUT2D eigenvalue weighted by atomic mass is 32.1. The smallest absolute Gasteiger partial charge is 0.366 e. The molecule has 0 aromatic rings. The molecule has 0 heterocycles. The first-order valence-corrected chi connectivity index (χ1v) is 5.55. The normalized spacial score (nSPS) is 11.0. The van der Waals surface area contributed by atoms with E-state index in [0.29, 0.717) is 18.1 Å². The van der Waals surface area contributed by atoms with E-state index in [-0.39, 0.29) is 6.61 Å². The number of hydrogen-bond donors (Lipinski definition) is 4. The summed E-state index contributed by atoms with van der Waals surface area (Å²) < 4.78 is 14.4. The van der Waals surface area contributed by atoms with Gasteiger partial charge in [-0.05, 0) is 18.6 Å². The van der Waals surface area contributed by atoms with Crippen LogP contribution in [0.3, 0.4) is 0 Å². The van der Waals surface area contributed by atoms with Gasteiger partial charge in [0, 0.05) is 13.6 Å². The molecule has 0 atom stereocenters. The van der Waals surface area contributed by atoms with Gasteiger partial charge < -0.3 is 20.4 Å². The van der Waals surface area contributed by atoms with Crippen LogP contribution in [-0.4, -0.2) is 35.1 Å². The van der Waals surface area contributed by atoms with Gasteiger partial charge in [-0.2, -0.15) is 0 Å². The van der Waals surface area contributed by atoms with Gasteiger partial charge >= 0.3 is 7.82 Å². The minimum absolute atomic E-state index is 0.00358. The van der Waals surface area contributed by atoms with Crippen molar-refractivity contribution in [3.63, 3.8) is 0 Å². The molecule has 0 spiro atoms. The van der Waals surface area contributed by atoms with E-state index in [2.05, 4.69) is 15.2 Å². The van der Waals surface area contributed by atoms with E-state index in [4.69, 9.17) is 22.0 Å². The highest BCUT2D eigenvalue weighted by molar-refractivity contribution is 7.80. The maximum absolute atomic E-state index is 10.2. The first-order valence-electron chi connectivity index (χ1n) is 3.61. The Morgan fingerprint density at radius 3 is 2.69 bits per heavy atom. The van der Waals surface area contributed by atoms with Crippen LogP contribution in [0.5, 0.6) is 0 Å². The number of phosphoric ester groups is 1. The standard InChI is InChI=1S/C5H13N2O4PS/c1-6-5(13)7-3-2-4-11-12(8,9)10/h2-4H2,1H3,(H2,6,7,13)(H2,8,9,10). The van der Waals surface area contributed by atoms with Crippen molar-refractivity contribution in [2.24, 2.45) is 0 Å². The summed E-state index contributed by atoms with van der Waals surface area (Å²) in [4.78, 5) is 16.6. The van der Waals surface area contributed by atoms with E-state index in [9.17, 15) is 4.57 Å². The van der Waals surface area contributed by atoms with Crippen molar-refractivity contribution in [1.82, 2.24) is 10.6 Å². The molecule has 0 aromatic heterocycles. The van der Waals surface area contributed by atoms with E-state index in [1.54, 1.807) is 7.05 Å². The fourth-order valence-electron chi connectivity index (χ4n) is 0.546. The Hall–Kier alpha value is -0.200. The third-order valence-corrected chi connectivity index (χ3v) is 1.96. The van der Waals surface area contributed by atoms with Crippen molar-refractivity contribution in [2.45, 2.75) is 6.42 Å². The molecule has 0 aromatic carbocycles. The van der Waals surface area contributed by atoms with Crippen LogP contribution in [0.15, 0.2) is 0 Å². The molecule has 0 aliphatic heterocycles. The van der Waals surface area contributed by atoms with Crippen molar-refractivity contribution >= 4 is 25.2 Å². The van der Waals surface area contributed by atoms with Crippen molar-refractivity contribution < 1.29 is 18.9 Å². The molecule has 6 nitrogen and oxygen atoms in total. The van der Waals surface area contributed by atoms with Gasteiger partial charge in [0.1, 0.15) is 0 Å². The van der Waals surface area contributed by atoms with Crippen molar-refractivity contribution in [1.29, 1.82) is 0 Å². The summed E-state index contributed by atoms with van der Waals surface area (Å²) in [5, 5.41) is 6.00. The third-order valence-electron chi connectivity index (χ3n) is 1.09. The Kier molecular flexibility index (Phi) is 6.19.